The van der Waals surface area contributed by atoms with Crippen molar-refractivity contribution >= 4 is 27.5 Å². The van der Waals surface area contributed by atoms with Crippen molar-refractivity contribution in [1.82, 2.24) is 9.55 Å². The van der Waals surface area contributed by atoms with Crippen LogP contribution in [0, 0.1) is 0 Å². The highest BCUT2D eigenvalue weighted by Crippen LogP contribution is 2.15. The van der Waals surface area contributed by atoms with Crippen LogP contribution < -0.4 is 10.9 Å². The predicted octanol–water partition coefficient (Wildman–Crippen LogP) is 1.64. The molecule has 1 amide bonds. The lowest BCUT2D eigenvalue weighted by Crippen LogP contribution is -2.26. The molecule has 0 radical (unpaired) electrons. The van der Waals surface area contributed by atoms with Gasteiger partial charge in [-0.15, -0.1) is 0 Å². The normalized spacial score (nSPS) is 10.1. The summed E-state index contributed by atoms with van der Waals surface area (Å²) in [5, 5.41) is 2.71. The summed E-state index contributed by atoms with van der Waals surface area (Å²) in [6.45, 7) is -0.0339. The molecule has 1 aromatic heterocycles. The number of halogens is 1. The highest BCUT2D eigenvalue weighted by atomic mass is 79.9. The van der Waals surface area contributed by atoms with Gasteiger partial charge in [0.1, 0.15) is 6.54 Å². The Kier molecular flexibility index (Phi) is 3.88. The van der Waals surface area contributed by atoms with E-state index in [2.05, 4.69) is 26.2 Å². The minimum absolute atomic E-state index is 0.0339. The van der Waals surface area contributed by atoms with E-state index in [4.69, 9.17) is 0 Å². The molecule has 0 saturated carbocycles. The Morgan fingerprint density at radius 3 is 3.00 bits per heavy atom. The molecule has 1 N–H and O–H groups in total. The fraction of sp³-hybridized carbons (Fsp3) is 0.0833. The predicted molar refractivity (Wildman–Crippen MR) is 71.3 cm³/mol. The maximum absolute atomic E-state index is 11.7. The number of nitrogens with zero attached hydrogens (tertiary/aromatic N) is 2. The van der Waals surface area contributed by atoms with Gasteiger partial charge in [0.2, 0.25) is 5.91 Å². The van der Waals surface area contributed by atoms with Crippen LogP contribution in [0.1, 0.15) is 0 Å². The summed E-state index contributed by atoms with van der Waals surface area (Å²) in [6.07, 6.45) is 4.11. The van der Waals surface area contributed by atoms with Crippen molar-refractivity contribution in [3.8, 4) is 0 Å². The summed E-state index contributed by atoms with van der Waals surface area (Å²) in [4.78, 5) is 26.8. The first-order chi connectivity index (χ1) is 8.65. The first-order valence-electron chi connectivity index (χ1n) is 5.21. The number of amides is 1. The van der Waals surface area contributed by atoms with Crippen molar-refractivity contribution in [2.45, 2.75) is 6.54 Å². The van der Waals surface area contributed by atoms with Crippen LogP contribution >= 0.6 is 15.9 Å². The van der Waals surface area contributed by atoms with E-state index < -0.39 is 0 Å². The van der Waals surface area contributed by atoms with Gasteiger partial charge in [-0.25, -0.2) is 0 Å². The van der Waals surface area contributed by atoms with Crippen LogP contribution in [-0.2, 0) is 11.3 Å². The van der Waals surface area contributed by atoms with Gasteiger partial charge in [-0.05, 0) is 18.2 Å². The number of benzene rings is 1. The van der Waals surface area contributed by atoms with E-state index in [0.29, 0.717) is 5.69 Å². The standard InChI is InChI=1S/C12H10BrN3O2/c13-9-2-1-3-10(6-9)15-11(17)8-16-5-4-14-7-12(16)18/h1-7H,8H2,(H,15,17). The Labute approximate surface area is 112 Å². The first kappa shape index (κ1) is 12.5. The van der Waals surface area contributed by atoms with Gasteiger partial charge in [0.25, 0.3) is 5.56 Å². The Bertz CT molecular complexity index is 624. The van der Waals surface area contributed by atoms with Gasteiger partial charge in [-0.1, -0.05) is 22.0 Å². The average molecular weight is 308 g/mol. The second-order valence-electron chi connectivity index (χ2n) is 3.60. The maximum Gasteiger partial charge on any atom is 0.269 e. The second kappa shape index (κ2) is 5.59. The van der Waals surface area contributed by atoms with E-state index in [0.717, 1.165) is 4.47 Å². The highest BCUT2D eigenvalue weighted by Gasteiger charge is 2.04. The maximum atomic E-state index is 11.7. The molecule has 5 nitrogen and oxygen atoms in total. The van der Waals surface area contributed by atoms with Crippen molar-refractivity contribution in [1.29, 1.82) is 0 Å². The molecule has 0 atom stereocenters. The molecule has 6 heteroatoms. The van der Waals surface area contributed by atoms with Crippen molar-refractivity contribution in [3.63, 3.8) is 0 Å². The number of carbonyl (C=O) groups is 1. The Morgan fingerprint density at radius 2 is 2.28 bits per heavy atom. The van der Waals surface area contributed by atoms with Gasteiger partial charge < -0.3 is 9.88 Å². The molecule has 0 fully saturated rings. The highest BCUT2D eigenvalue weighted by molar-refractivity contribution is 9.10. The van der Waals surface area contributed by atoms with Crippen molar-refractivity contribution in [3.05, 3.63) is 57.7 Å². The Balaban J connectivity index is 2.06. The molecule has 0 aliphatic heterocycles. The minimum atomic E-state index is -0.304. The molecule has 0 unspecified atom stereocenters. The number of rotatable bonds is 3. The van der Waals surface area contributed by atoms with Crippen LogP contribution in [0.25, 0.3) is 0 Å². The van der Waals surface area contributed by atoms with Crippen LogP contribution in [0.2, 0.25) is 0 Å². The summed E-state index contributed by atoms with van der Waals surface area (Å²) < 4.78 is 2.17. The molecule has 0 spiro atoms. The average Bonchev–Trinajstić information content (AvgIpc) is 2.32. The van der Waals surface area contributed by atoms with Gasteiger partial charge in [-0.3, -0.25) is 14.6 Å². The third-order valence-electron chi connectivity index (χ3n) is 2.22. The largest absolute Gasteiger partial charge is 0.324 e. The minimum Gasteiger partial charge on any atom is -0.324 e. The SMILES string of the molecule is O=C(Cn1ccncc1=O)Nc1cccc(Br)c1. The molecule has 1 heterocycles. The Morgan fingerprint density at radius 1 is 1.44 bits per heavy atom. The lowest BCUT2D eigenvalue weighted by Gasteiger charge is -2.07. The van der Waals surface area contributed by atoms with Crippen LogP contribution in [0.4, 0.5) is 5.69 Å². The fourth-order valence-corrected chi connectivity index (χ4v) is 1.82. The van der Waals surface area contributed by atoms with E-state index in [1.807, 2.05) is 12.1 Å². The van der Waals surface area contributed by atoms with Crippen molar-refractivity contribution < 1.29 is 4.79 Å². The van der Waals surface area contributed by atoms with Gasteiger partial charge in [-0.2, -0.15) is 0 Å². The van der Waals surface area contributed by atoms with Gasteiger partial charge in [0.15, 0.2) is 0 Å². The molecule has 2 rings (SSSR count). The molecular formula is C12H10BrN3O2. The fourth-order valence-electron chi connectivity index (χ4n) is 1.43. The number of carbonyl (C=O) groups excluding carboxylic acids is 1. The van der Waals surface area contributed by atoms with Crippen molar-refractivity contribution in [2.75, 3.05) is 5.32 Å². The van der Waals surface area contributed by atoms with Gasteiger partial charge in [0, 0.05) is 22.6 Å². The van der Waals surface area contributed by atoms with Gasteiger partial charge >= 0.3 is 0 Å². The summed E-state index contributed by atoms with van der Waals surface area (Å²) in [7, 11) is 0. The quantitative estimate of drug-likeness (QED) is 0.937. The number of aromatic nitrogens is 2. The molecule has 92 valence electrons. The zero-order valence-electron chi connectivity index (χ0n) is 9.34. The summed E-state index contributed by atoms with van der Waals surface area (Å²) in [6, 6.07) is 7.24. The third-order valence-corrected chi connectivity index (χ3v) is 2.72. The number of hydrogen-bond acceptors (Lipinski definition) is 3. The van der Waals surface area contributed by atoms with Crippen LogP contribution in [-0.4, -0.2) is 15.5 Å². The topological polar surface area (TPSA) is 64.0 Å². The smallest absolute Gasteiger partial charge is 0.269 e. The van der Waals surface area contributed by atoms with E-state index in [1.165, 1.54) is 23.2 Å². The second-order valence-corrected chi connectivity index (χ2v) is 4.52. The summed E-state index contributed by atoms with van der Waals surface area (Å²) in [5.74, 6) is -0.263. The molecule has 0 aliphatic carbocycles. The number of nitrogens with one attached hydrogen (secondary N) is 1. The summed E-state index contributed by atoms with van der Waals surface area (Å²) >= 11 is 3.32. The van der Waals surface area contributed by atoms with E-state index in [1.54, 1.807) is 12.1 Å². The zero-order valence-corrected chi connectivity index (χ0v) is 10.9. The molecule has 0 saturated heterocycles. The lowest BCUT2D eigenvalue weighted by molar-refractivity contribution is -0.116. The Hall–Kier alpha value is -1.95. The van der Waals surface area contributed by atoms with Crippen LogP contribution in [0.3, 0.4) is 0 Å². The molecule has 0 bridgehead atoms. The molecular weight excluding hydrogens is 298 g/mol. The van der Waals surface area contributed by atoms with Gasteiger partial charge in [0.05, 0.1) is 6.20 Å². The van der Waals surface area contributed by atoms with Crippen molar-refractivity contribution in [2.24, 2.45) is 0 Å². The van der Waals surface area contributed by atoms with E-state index in [-0.39, 0.29) is 18.0 Å². The first-order valence-corrected chi connectivity index (χ1v) is 6.00. The monoisotopic (exact) mass is 307 g/mol. The van der Waals surface area contributed by atoms with Crippen LogP contribution in [0.5, 0.6) is 0 Å². The molecule has 2 aromatic rings. The third kappa shape index (κ3) is 3.27. The molecule has 18 heavy (non-hydrogen) atoms. The zero-order chi connectivity index (χ0) is 13.0. The number of hydrogen-bond donors (Lipinski definition) is 1. The summed E-state index contributed by atoms with van der Waals surface area (Å²) in [5.41, 5.74) is 0.373. The molecule has 0 aliphatic rings. The van der Waals surface area contributed by atoms with E-state index in [9.17, 15) is 9.59 Å². The number of anilines is 1. The molecule has 1 aromatic carbocycles. The lowest BCUT2D eigenvalue weighted by atomic mass is 10.3. The van der Waals surface area contributed by atoms with E-state index >= 15 is 0 Å². The van der Waals surface area contributed by atoms with Crippen LogP contribution in [0.15, 0.2) is 52.1 Å².